The first kappa shape index (κ1) is 13.6. The van der Waals surface area contributed by atoms with Crippen molar-refractivity contribution in [3.63, 3.8) is 0 Å². The molecule has 0 bridgehead atoms. The van der Waals surface area contributed by atoms with Crippen LogP contribution >= 0.6 is 0 Å². The van der Waals surface area contributed by atoms with Gasteiger partial charge in [0, 0.05) is 32.7 Å². The number of methoxy groups -OCH3 is 3. The molecule has 0 aromatic heterocycles. The normalized spacial score (nSPS) is 8.79. The minimum atomic E-state index is 0. The Labute approximate surface area is 110 Å². The van der Waals surface area contributed by atoms with Crippen LogP contribution in [0.4, 0.5) is 0 Å². The van der Waals surface area contributed by atoms with Crippen LogP contribution in [0.5, 0.6) is 17.2 Å². The molecule has 14 heavy (non-hydrogen) atoms. The maximum absolute atomic E-state index is 5.14. The molecule has 0 amide bonds. The molecule has 1 rings (SSSR count). The molecule has 0 spiro atoms. The van der Waals surface area contributed by atoms with Gasteiger partial charge in [-0.25, -0.2) is 0 Å². The fraction of sp³-hybridized carbons (Fsp3) is 0.300. The SMILES string of the molecule is [CH2-]c1cc(OC)c(OC)c(OC)c1.[Y]. The number of ether oxygens (including phenoxy) is 3. The second kappa shape index (κ2) is 6.15. The zero-order valence-corrected chi connectivity index (χ0v) is 11.5. The van der Waals surface area contributed by atoms with E-state index in [1.54, 1.807) is 33.5 Å². The molecule has 0 unspecified atom stereocenters. The zero-order chi connectivity index (χ0) is 9.84. The summed E-state index contributed by atoms with van der Waals surface area (Å²) in [7, 11) is 4.73. The average molecular weight is 270 g/mol. The van der Waals surface area contributed by atoms with Crippen molar-refractivity contribution in [3.8, 4) is 17.2 Å². The van der Waals surface area contributed by atoms with E-state index in [1.165, 1.54) is 0 Å². The summed E-state index contributed by atoms with van der Waals surface area (Å²) in [6.07, 6.45) is 0. The van der Waals surface area contributed by atoms with Crippen molar-refractivity contribution in [2.75, 3.05) is 21.3 Å². The molecule has 0 aliphatic carbocycles. The maximum Gasteiger partial charge on any atom is 0.177 e. The molecule has 1 aromatic carbocycles. The van der Waals surface area contributed by atoms with E-state index in [-0.39, 0.29) is 32.7 Å². The Morgan fingerprint density at radius 2 is 1.36 bits per heavy atom. The minimum absolute atomic E-state index is 0. The van der Waals surface area contributed by atoms with Gasteiger partial charge in [-0.2, -0.15) is 12.5 Å². The van der Waals surface area contributed by atoms with E-state index >= 15 is 0 Å². The molecule has 3 nitrogen and oxygen atoms in total. The fourth-order valence-electron chi connectivity index (χ4n) is 1.14. The quantitative estimate of drug-likeness (QED) is 0.785. The summed E-state index contributed by atoms with van der Waals surface area (Å²) < 4.78 is 15.4. The van der Waals surface area contributed by atoms with Crippen LogP contribution in [0.25, 0.3) is 0 Å². The number of hydrogen-bond donors (Lipinski definition) is 0. The molecule has 0 atom stereocenters. The van der Waals surface area contributed by atoms with Crippen LogP contribution in [0, 0.1) is 6.92 Å². The Hall–Kier alpha value is -0.406. The van der Waals surface area contributed by atoms with Crippen LogP contribution in [0.2, 0.25) is 0 Å². The smallest absolute Gasteiger partial charge is 0.177 e. The van der Waals surface area contributed by atoms with Gasteiger partial charge in [0.25, 0.3) is 0 Å². The Kier molecular flexibility index (Phi) is 5.97. The van der Waals surface area contributed by atoms with Gasteiger partial charge in [0.1, 0.15) is 11.5 Å². The van der Waals surface area contributed by atoms with E-state index in [1.807, 2.05) is 0 Å². The first-order chi connectivity index (χ1) is 6.22. The average Bonchev–Trinajstić information content (AvgIpc) is 2.16. The molecule has 75 valence electrons. The minimum Gasteiger partial charge on any atom is -0.506 e. The van der Waals surface area contributed by atoms with Crippen molar-refractivity contribution in [1.82, 2.24) is 0 Å². The fourth-order valence-corrected chi connectivity index (χ4v) is 1.14. The first-order valence-corrected chi connectivity index (χ1v) is 3.85. The Bertz CT molecular complexity index is 274. The van der Waals surface area contributed by atoms with Crippen molar-refractivity contribution >= 4 is 0 Å². The predicted octanol–water partition coefficient (Wildman–Crippen LogP) is 1.89. The van der Waals surface area contributed by atoms with Gasteiger partial charge < -0.3 is 14.2 Å². The summed E-state index contributed by atoms with van der Waals surface area (Å²) in [5, 5.41) is 0. The van der Waals surface area contributed by atoms with E-state index in [0.29, 0.717) is 17.2 Å². The van der Waals surface area contributed by atoms with Gasteiger partial charge >= 0.3 is 0 Å². The number of hydrogen-bond acceptors (Lipinski definition) is 3. The van der Waals surface area contributed by atoms with Crippen molar-refractivity contribution in [3.05, 3.63) is 24.6 Å². The molecule has 0 heterocycles. The maximum atomic E-state index is 5.14. The molecule has 0 aliphatic rings. The van der Waals surface area contributed by atoms with Gasteiger partial charge in [0.15, 0.2) is 5.75 Å². The van der Waals surface area contributed by atoms with Crippen LogP contribution in [0.3, 0.4) is 0 Å². The molecule has 4 heteroatoms. The van der Waals surface area contributed by atoms with Crippen LogP contribution in [-0.4, -0.2) is 21.3 Å². The van der Waals surface area contributed by atoms with Gasteiger partial charge in [-0.3, -0.25) is 0 Å². The third-order valence-electron chi connectivity index (χ3n) is 1.72. The Morgan fingerprint density at radius 3 is 1.64 bits per heavy atom. The molecular formula is C10H13O3Y-. The van der Waals surface area contributed by atoms with Crippen molar-refractivity contribution in [2.24, 2.45) is 0 Å². The molecule has 0 aliphatic heterocycles. The molecular weight excluding hydrogens is 257 g/mol. The summed E-state index contributed by atoms with van der Waals surface area (Å²) in [6, 6.07) is 3.59. The van der Waals surface area contributed by atoms with Gasteiger partial charge in [-0.1, -0.05) is 0 Å². The van der Waals surface area contributed by atoms with Gasteiger partial charge in [0.05, 0.1) is 21.3 Å². The van der Waals surface area contributed by atoms with E-state index < -0.39 is 0 Å². The van der Waals surface area contributed by atoms with Crippen molar-refractivity contribution in [1.29, 1.82) is 0 Å². The monoisotopic (exact) mass is 270 g/mol. The van der Waals surface area contributed by atoms with E-state index in [9.17, 15) is 0 Å². The molecule has 0 saturated heterocycles. The standard InChI is InChI=1S/C10H13O3.Y/c1-7-5-8(11-2)10(13-4)9(6-7)12-3;/h5-6H,1H2,2-4H3;/q-1;. The largest absolute Gasteiger partial charge is 0.506 e. The van der Waals surface area contributed by atoms with Gasteiger partial charge in [-0.05, 0) is 0 Å². The zero-order valence-electron chi connectivity index (χ0n) is 8.66. The van der Waals surface area contributed by atoms with Gasteiger partial charge in [0.2, 0.25) is 0 Å². The molecule has 0 fully saturated rings. The second-order valence-corrected chi connectivity index (χ2v) is 2.53. The van der Waals surface area contributed by atoms with E-state index in [0.717, 1.165) is 5.56 Å². The molecule has 1 radical (unpaired) electrons. The molecule has 1 aromatic rings. The second-order valence-electron chi connectivity index (χ2n) is 2.53. The summed E-state index contributed by atoms with van der Waals surface area (Å²) >= 11 is 0. The molecule has 0 saturated carbocycles. The summed E-state index contributed by atoms with van der Waals surface area (Å²) in [5.74, 6) is 1.86. The van der Waals surface area contributed by atoms with Crippen LogP contribution < -0.4 is 14.2 Å². The Morgan fingerprint density at radius 1 is 0.929 bits per heavy atom. The third-order valence-corrected chi connectivity index (χ3v) is 1.72. The predicted molar refractivity (Wildman–Crippen MR) is 50.6 cm³/mol. The third kappa shape index (κ3) is 2.79. The van der Waals surface area contributed by atoms with Gasteiger partial charge in [-0.15, -0.1) is 12.1 Å². The topological polar surface area (TPSA) is 27.7 Å². The Balaban J connectivity index is 0.00000169. The van der Waals surface area contributed by atoms with Crippen molar-refractivity contribution in [2.45, 2.75) is 0 Å². The van der Waals surface area contributed by atoms with E-state index in [4.69, 9.17) is 14.2 Å². The summed E-state index contributed by atoms with van der Waals surface area (Å²) in [6.45, 7) is 3.80. The number of rotatable bonds is 3. The number of benzene rings is 1. The van der Waals surface area contributed by atoms with Crippen LogP contribution in [-0.2, 0) is 32.7 Å². The summed E-state index contributed by atoms with van der Waals surface area (Å²) in [5.41, 5.74) is 0.828. The summed E-state index contributed by atoms with van der Waals surface area (Å²) in [4.78, 5) is 0. The van der Waals surface area contributed by atoms with Crippen LogP contribution in [0.1, 0.15) is 5.56 Å². The van der Waals surface area contributed by atoms with E-state index in [2.05, 4.69) is 6.92 Å². The van der Waals surface area contributed by atoms with Crippen LogP contribution in [0.15, 0.2) is 12.1 Å². The van der Waals surface area contributed by atoms with Crippen molar-refractivity contribution < 1.29 is 46.9 Å². The molecule has 0 N–H and O–H groups in total. The first-order valence-electron chi connectivity index (χ1n) is 3.85.